The maximum absolute atomic E-state index is 14.3. The molecule has 1 N–H and O–H groups in total. The highest BCUT2D eigenvalue weighted by atomic mass is 19.2. The van der Waals surface area contributed by atoms with Crippen LogP contribution in [0, 0.1) is 11.6 Å². The minimum Gasteiger partial charge on any atom is -0.340 e. The highest BCUT2D eigenvalue weighted by Crippen LogP contribution is 2.30. The van der Waals surface area contributed by atoms with Gasteiger partial charge in [-0.15, -0.1) is 0 Å². The molecule has 1 amide bonds. The number of carbonyl (C=O) groups is 1. The lowest BCUT2D eigenvalue weighted by atomic mass is 9.97. The quantitative estimate of drug-likeness (QED) is 0.230. The van der Waals surface area contributed by atoms with Gasteiger partial charge in [0.05, 0.1) is 17.1 Å². The first-order valence-electron chi connectivity index (χ1n) is 14.1. The number of nitrogens with one attached hydrogen (secondary N) is 1. The molecule has 0 spiro atoms. The first kappa shape index (κ1) is 27.7. The van der Waals surface area contributed by atoms with Crippen molar-refractivity contribution < 1.29 is 13.6 Å². The van der Waals surface area contributed by atoms with Crippen molar-refractivity contribution in [2.24, 2.45) is 0 Å². The van der Waals surface area contributed by atoms with Gasteiger partial charge in [-0.1, -0.05) is 55.0 Å². The highest BCUT2D eigenvalue weighted by Gasteiger charge is 2.30. The maximum Gasteiger partial charge on any atom is 0.247 e. The molecular formula is C33H36F2N4O. The molecule has 1 aliphatic heterocycles. The van der Waals surface area contributed by atoms with Crippen LogP contribution < -0.4 is 0 Å². The van der Waals surface area contributed by atoms with Gasteiger partial charge < -0.3 is 9.88 Å². The van der Waals surface area contributed by atoms with Crippen LogP contribution in [0.25, 0.3) is 17.1 Å². The fourth-order valence-electron chi connectivity index (χ4n) is 5.60. The molecular weight excluding hydrogens is 506 g/mol. The lowest BCUT2D eigenvalue weighted by Crippen LogP contribution is -2.40. The van der Waals surface area contributed by atoms with E-state index in [0.717, 1.165) is 42.3 Å². The second-order valence-corrected chi connectivity index (χ2v) is 10.8. The monoisotopic (exact) mass is 542 g/mol. The van der Waals surface area contributed by atoms with Crippen LogP contribution in [0.2, 0.25) is 0 Å². The van der Waals surface area contributed by atoms with Crippen LogP contribution in [0.4, 0.5) is 8.78 Å². The van der Waals surface area contributed by atoms with Crippen molar-refractivity contribution in [1.82, 2.24) is 19.8 Å². The first-order valence-corrected chi connectivity index (χ1v) is 14.1. The molecule has 1 fully saturated rings. The Morgan fingerprint density at radius 2 is 1.70 bits per heavy atom. The van der Waals surface area contributed by atoms with E-state index in [0.29, 0.717) is 12.2 Å². The van der Waals surface area contributed by atoms with Crippen molar-refractivity contribution in [1.29, 1.82) is 0 Å². The van der Waals surface area contributed by atoms with Crippen LogP contribution >= 0.6 is 0 Å². The summed E-state index contributed by atoms with van der Waals surface area (Å²) in [6.45, 7) is 6.99. The zero-order chi connectivity index (χ0) is 28.1. The number of benzene rings is 3. The first-order chi connectivity index (χ1) is 19.4. The number of nitrogens with zero attached hydrogens (tertiary/aromatic N) is 3. The minimum absolute atomic E-state index is 0.0317. The van der Waals surface area contributed by atoms with E-state index in [9.17, 15) is 13.6 Å². The number of likely N-dealkylation sites (tertiary alicyclic amines) is 1. The largest absolute Gasteiger partial charge is 0.340 e. The fraction of sp³-hybridized carbons (Fsp3) is 0.333. The lowest BCUT2D eigenvalue weighted by Gasteiger charge is -2.34. The molecule has 2 heterocycles. The summed E-state index contributed by atoms with van der Waals surface area (Å²) in [5.41, 5.74) is 4.18. The minimum atomic E-state index is -0.969. The Balaban J connectivity index is 1.51. The normalized spacial score (nSPS) is 15.2. The van der Waals surface area contributed by atoms with E-state index in [1.165, 1.54) is 49.1 Å². The third kappa shape index (κ3) is 6.31. The zero-order valence-corrected chi connectivity index (χ0v) is 23.1. The number of H-pyrrole nitrogens is 1. The lowest BCUT2D eigenvalue weighted by molar-refractivity contribution is -0.130. The van der Waals surface area contributed by atoms with Gasteiger partial charge in [0.2, 0.25) is 5.91 Å². The van der Waals surface area contributed by atoms with Crippen LogP contribution in [0.3, 0.4) is 0 Å². The van der Waals surface area contributed by atoms with Crippen LogP contribution in [-0.2, 0) is 17.8 Å². The smallest absolute Gasteiger partial charge is 0.247 e. The number of piperidine rings is 1. The topological polar surface area (TPSA) is 52.2 Å². The standard InChI is InChI=1S/C33H36F2N4O/c1-23(2)39(31(40)18-17-24-13-10-14-27(34)32(24)35)30(33-36-28-15-6-7-16-29(28)37-33)21-25-11-4-5-12-26(25)22-38-19-8-3-9-20-38/h4-7,10-18,23,30H,3,8-9,19-22H2,1-2H3,(H,36,37). The maximum atomic E-state index is 14.3. The Hall–Kier alpha value is -3.84. The number of hydrogen-bond acceptors (Lipinski definition) is 3. The van der Waals surface area contributed by atoms with Gasteiger partial charge in [0.25, 0.3) is 0 Å². The third-order valence-electron chi connectivity index (χ3n) is 7.63. The van der Waals surface area contributed by atoms with Crippen molar-refractivity contribution >= 4 is 23.0 Å². The van der Waals surface area contributed by atoms with Crippen LogP contribution in [0.1, 0.15) is 61.7 Å². The van der Waals surface area contributed by atoms with E-state index >= 15 is 0 Å². The Morgan fingerprint density at radius 3 is 2.45 bits per heavy atom. The number of para-hydroxylation sites is 2. The molecule has 1 atom stereocenters. The van der Waals surface area contributed by atoms with Gasteiger partial charge in [-0.2, -0.15) is 0 Å². The molecule has 0 radical (unpaired) electrons. The van der Waals surface area contributed by atoms with E-state index in [2.05, 4.69) is 28.1 Å². The molecule has 1 saturated heterocycles. The summed E-state index contributed by atoms with van der Waals surface area (Å²) < 4.78 is 28.1. The molecule has 5 nitrogen and oxygen atoms in total. The van der Waals surface area contributed by atoms with E-state index in [-0.39, 0.29) is 17.5 Å². The molecule has 40 heavy (non-hydrogen) atoms. The predicted molar refractivity (Wildman–Crippen MR) is 155 cm³/mol. The fourth-order valence-corrected chi connectivity index (χ4v) is 5.60. The highest BCUT2D eigenvalue weighted by molar-refractivity contribution is 5.92. The number of carbonyl (C=O) groups excluding carboxylic acids is 1. The Bertz CT molecular complexity index is 1460. The molecule has 4 aromatic rings. The number of hydrogen-bond donors (Lipinski definition) is 1. The van der Waals surface area contributed by atoms with Crippen LogP contribution in [-0.4, -0.2) is 44.8 Å². The van der Waals surface area contributed by atoms with Crippen molar-refractivity contribution in [3.05, 3.63) is 107 Å². The molecule has 7 heteroatoms. The van der Waals surface area contributed by atoms with Crippen molar-refractivity contribution in [2.75, 3.05) is 13.1 Å². The van der Waals surface area contributed by atoms with Gasteiger partial charge in [-0.3, -0.25) is 9.69 Å². The number of imidazole rings is 1. The third-order valence-corrected chi connectivity index (χ3v) is 7.63. The van der Waals surface area contributed by atoms with Crippen LogP contribution in [0.5, 0.6) is 0 Å². The van der Waals surface area contributed by atoms with Gasteiger partial charge in [0.1, 0.15) is 5.82 Å². The summed E-state index contributed by atoms with van der Waals surface area (Å²) in [4.78, 5) is 26.4. The average molecular weight is 543 g/mol. The average Bonchev–Trinajstić information content (AvgIpc) is 3.39. The number of halogens is 2. The van der Waals surface area contributed by atoms with Gasteiger partial charge in [0, 0.05) is 30.6 Å². The van der Waals surface area contributed by atoms with E-state index in [1.807, 2.05) is 44.2 Å². The summed E-state index contributed by atoms with van der Waals surface area (Å²) in [6.07, 6.45) is 6.96. The summed E-state index contributed by atoms with van der Waals surface area (Å²) in [5, 5.41) is 0. The molecule has 0 bridgehead atoms. The molecule has 1 unspecified atom stereocenters. The number of rotatable bonds is 9. The van der Waals surface area contributed by atoms with E-state index in [4.69, 9.17) is 4.98 Å². The van der Waals surface area contributed by atoms with E-state index in [1.54, 1.807) is 4.90 Å². The number of fused-ring (bicyclic) bond motifs is 1. The molecule has 5 rings (SSSR count). The second kappa shape index (κ2) is 12.6. The SMILES string of the molecule is CC(C)N(C(=O)C=Cc1cccc(F)c1F)C(Cc1ccccc1CN1CCCCC1)c1nc2ccccc2[nH]1. The Labute approximate surface area is 234 Å². The van der Waals surface area contributed by atoms with Gasteiger partial charge in [-0.25, -0.2) is 13.8 Å². The van der Waals surface area contributed by atoms with Gasteiger partial charge >= 0.3 is 0 Å². The van der Waals surface area contributed by atoms with Crippen molar-refractivity contribution in [3.63, 3.8) is 0 Å². The summed E-state index contributed by atoms with van der Waals surface area (Å²) in [7, 11) is 0. The van der Waals surface area contributed by atoms with Crippen molar-refractivity contribution in [2.45, 2.75) is 58.2 Å². The molecule has 1 aromatic heterocycles. The van der Waals surface area contributed by atoms with Gasteiger partial charge in [-0.05, 0) is 75.2 Å². The molecule has 0 saturated carbocycles. The van der Waals surface area contributed by atoms with Gasteiger partial charge in [0.15, 0.2) is 11.6 Å². The molecule has 1 aliphatic rings. The van der Waals surface area contributed by atoms with E-state index < -0.39 is 17.7 Å². The van der Waals surface area contributed by atoms with Crippen LogP contribution in [0.15, 0.2) is 72.8 Å². The molecule has 3 aromatic carbocycles. The molecule has 208 valence electrons. The van der Waals surface area contributed by atoms with Crippen molar-refractivity contribution in [3.8, 4) is 0 Å². The summed E-state index contributed by atoms with van der Waals surface area (Å²) >= 11 is 0. The summed E-state index contributed by atoms with van der Waals surface area (Å²) in [6, 6.07) is 19.6. The predicted octanol–water partition coefficient (Wildman–Crippen LogP) is 7.06. The Kier molecular flexibility index (Phi) is 8.70. The number of aromatic amines is 1. The zero-order valence-electron chi connectivity index (χ0n) is 23.1. The second-order valence-electron chi connectivity index (χ2n) is 10.8. The molecule has 0 aliphatic carbocycles. The summed E-state index contributed by atoms with van der Waals surface area (Å²) in [5.74, 6) is -1.51. The number of amides is 1. The Morgan fingerprint density at radius 1 is 0.975 bits per heavy atom. The number of aromatic nitrogens is 2.